The smallest absolute Gasteiger partial charge is 0.325 e. The standard InChI is InChI=1S/C26H33N3O6/c1-3-26(18-10-12-28(13-11-18)14-19-8-9-20(34-19)16-32-2)24(30)29(25(31)27-26)15-21-17-33-22-6-4-5-7-23(22)35-21/h4-9,18,21H,3,10-17H2,1-2H3,(H,27,31)/t21-,26+/m0/s1. The third-order valence-electron chi connectivity index (χ3n) is 7.38. The highest BCUT2D eigenvalue weighted by molar-refractivity contribution is 6.07. The number of ether oxygens (including phenoxy) is 3. The zero-order chi connectivity index (χ0) is 24.4. The van der Waals surface area contributed by atoms with Gasteiger partial charge in [0.05, 0.1) is 13.1 Å². The van der Waals surface area contributed by atoms with Crippen molar-refractivity contribution in [3.05, 3.63) is 47.9 Å². The summed E-state index contributed by atoms with van der Waals surface area (Å²) in [7, 11) is 1.65. The van der Waals surface area contributed by atoms with Crippen LogP contribution in [0.5, 0.6) is 11.5 Å². The lowest BCUT2D eigenvalue weighted by Crippen LogP contribution is -2.56. The molecular weight excluding hydrogens is 450 g/mol. The highest BCUT2D eigenvalue weighted by atomic mass is 16.6. The lowest BCUT2D eigenvalue weighted by atomic mass is 9.75. The number of hydrogen-bond acceptors (Lipinski definition) is 7. The van der Waals surface area contributed by atoms with Crippen molar-refractivity contribution in [2.75, 3.05) is 33.4 Å². The second-order valence-corrected chi connectivity index (χ2v) is 9.52. The van der Waals surface area contributed by atoms with Crippen LogP contribution in [0.4, 0.5) is 4.79 Å². The molecule has 1 aromatic heterocycles. The van der Waals surface area contributed by atoms with Gasteiger partial charge in [-0.3, -0.25) is 14.6 Å². The molecule has 0 aliphatic carbocycles. The second kappa shape index (κ2) is 9.91. The molecular formula is C26H33N3O6. The molecule has 188 valence electrons. The van der Waals surface area contributed by atoms with Crippen molar-refractivity contribution in [2.45, 2.75) is 51.0 Å². The van der Waals surface area contributed by atoms with Gasteiger partial charge in [-0.1, -0.05) is 19.1 Å². The predicted molar refractivity (Wildman–Crippen MR) is 127 cm³/mol. The molecule has 9 heteroatoms. The van der Waals surface area contributed by atoms with E-state index in [0.29, 0.717) is 31.1 Å². The van der Waals surface area contributed by atoms with Crippen LogP contribution in [0.2, 0.25) is 0 Å². The molecule has 5 rings (SSSR count). The fourth-order valence-corrected chi connectivity index (χ4v) is 5.50. The van der Waals surface area contributed by atoms with Crippen LogP contribution in [0.25, 0.3) is 0 Å². The monoisotopic (exact) mass is 483 g/mol. The van der Waals surface area contributed by atoms with Gasteiger partial charge in [-0.25, -0.2) is 4.79 Å². The van der Waals surface area contributed by atoms with Gasteiger partial charge in [0.15, 0.2) is 17.6 Å². The SMILES string of the molecule is CC[C@]1(C2CCN(Cc3ccc(COC)o3)CC2)NC(=O)N(C[C@H]2COc3ccccc3O2)C1=O. The minimum Gasteiger partial charge on any atom is -0.486 e. The van der Waals surface area contributed by atoms with Crippen LogP contribution in [-0.2, 0) is 22.7 Å². The number of piperidine rings is 1. The number of amides is 3. The molecule has 1 N–H and O–H groups in total. The number of methoxy groups -OCH3 is 1. The van der Waals surface area contributed by atoms with Gasteiger partial charge in [-0.2, -0.15) is 0 Å². The summed E-state index contributed by atoms with van der Waals surface area (Å²) >= 11 is 0. The Kier molecular flexibility index (Phi) is 6.71. The molecule has 2 atom stereocenters. The van der Waals surface area contributed by atoms with Crippen molar-refractivity contribution in [3.63, 3.8) is 0 Å². The zero-order valence-electron chi connectivity index (χ0n) is 20.3. The summed E-state index contributed by atoms with van der Waals surface area (Å²) < 4.78 is 22.7. The van der Waals surface area contributed by atoms with Crippen molar-refractivity contribution >= 4 is 11.9 Å². The Morgan fingerprint density at radius 3 is 2.57 bits per heavy atom. The van der Waals surface area contributed by atoms with E-state index in [1.807, 2.05) is 43.3 Å². The molecule has 0 saturated carbocycles. The number of nitrogens with zero attached hydrogens (tertiary/aromatic N) is 2. The Balaban J connectivity index is 1.20. The number of furan rings is 1. The summed E-state index contributed by atoms with van der Waals surface area (Å²) in [5, 5.41) is 3.07. The maximum absolute atomic E-state index is 13.6. The molecule has 0 radical (unpaired) electrons. The Labute approximate surface area is 205 Å². The summed E-state index contributed by atoms with van der Waals surface area (Å²) in [6.45, 7) is 5.31. The second-order valence-electron chi connectivity index (χ2n) is 9.52. The van der Waals surface area contributed by atoms with Gasteiger partial charge in [-0.15, -0.1) is 0 Å². The summed E-state index contributed by atoms with van der Waals surface area (Å²) in [5.74, 6) is 2.97. The Morgan fingerprint density at radius 2 is 1.83 bits per heavy atom. The molecule has 1 aromatic carbocycles. The lowest BCUT2D eigenvalue weighted by Gasteiger charge is -2.40. The van der Waals surface area contributed by atoms with Gasteiger partial charge in [0.2, 0.25) is 0 Å². The van der Waals surface area contributed by atoms with Crippen molar-refractivity contribution in [2.24, 2.45) is 5.92 Å². The van der Waals surface area contributed by atoms with E-state index in [1.165, 1.54) is 4.90 Å². The zero-order valence-corrected chi connectivity index (χ0v) is 20.3. The van der Waals surface area contributed by atoms with Crippen LogP contribution in [-0.4, -0.2) is 66.7 Å². The Hall–Kier alpha value is -3.04. The molecule has 4 heterocycles. The fraction of sp³-hybridized carbons (Fsp3) is 0.538. The number of fused-ring (bicyclic) bond motifs is 1. The van der Waals surface area contributed by atoms with E-state index >= 15 is 0 Å². The highest BCUT2D eigenvalue weighted by Crippen LogP contribution is 2.37. The third-order valence-corrected chi connectivity index (χ3v) is 7.38. The Bertz CT molecular complexity index is 1060. The first-order valence-corrected chi connectivity index (χ1v) is 12.3. The number of imide groups is 1. The molecule has 0 spiro atoms. The van der Waals surface area contributed by atoms with Gasteiger partial charge < -0.3 is 23.9 Å². The summed E-state index contributed by atoms with van der Waals surface area (Å²) in [6.07, 6.45) is 1.82. The van der Waals surface area contributed by atoms with Gasteiger partial charge >= 0.3 is 6.03 Å². The van der Waals surface area contributed by atoms with Gasteiger partial charge in [0, 0.05) is 7.11 Å². The first-order chi connectivity index (χ1) is 17.0. The van der Waals surface area contributed by atoms with E-state index in [0.717, 1.165) is 44.0 Å². The highest BCUT2D eigenvalue weighted by Gasteiger charge is 2.55. The predicted octanol–water partition coefficient (Wildman–Crippen LogP) is 3.18. The van der Waals surface area contributed by atoms with E-state index in [2.05, 4.69) is 10.2 Å². The number of likely N-dealkylation sites (tertiary alicyclic amines) is 1. The largest absolute Gasteiger partial charge is 0.486 e. The first-order valence-electron chi connectivity index (χ1n) is 12.3. The minimum atomic E-state index is -0.868. The first kappa shape index (κ1) is 23.7. The van der Waals surface area contributed by atoms with Crippen molar-refractivity contribution in [1.29, 1.82) is 0 Å². The van der Waals surface area contributed by atoms with Gasteiger partial charge in [0.25, 0.3) is 5.91 Å². The van der Waals surface area contributed by atoms with E-state index in [9.17, 15) is 9.59 Å². The molecule has 0 bridgehead atoms. The van der Waals surface area contributed by atoms with Crippen LogP contribution in [0.1, 0.15) is 37.7 Å². The average Bonchev–Trinajstić information content (AvgIpc) is 3.42. The van der Waals surface area contributed by atoms with Crippen LogP contribution in [0.15, 0.2) is 40.8 Å². The fourth-order valence-electron chi connectivity index (χ4n) is 5.50. The van der Waals surface area contributed by atoms with E-state index in [4.69, 9.17) is 18.6 Å². The number of para-hydroxylation sites is 2. The summed E-state index contributed by atoms with van der Waals surface area (Å²) in [4.78, 5) is 30.2. The van der Waals surface area contributed by atoms with Crippen LogP contribution < -0.4 is 14.8 Å². The molecule has 3 aliphatic heterocycles. The molecule has 3 aliphatic rings. The molecule has 35 heavy (non-hydrogen) atoms. The normalized spacial score (nSPS) is 25.2. The third kappa shape index (κ3) is 4.62. The van der Waals surface area contributed by atoms with Crippen LogP contribution in [0.3, 0.4) is 0 Å². The van der Waals surface area contributed by atoms with Crippen molar-refractivity contribution in [1.82, 2.24) is 15.1 Å². The van der Waals surface area contributed by atoms with Crippen LogP contribution in [0, 0.1) is 5.92 Å². The van der Waals surface area contributed by atoms with Gasteiger partial charge in [-0.05, 0) is 62.5 Å². The number of carbonyl (C=O) groups is 2. The van der Waals surface area contributed by atoms with Crippen molar-refractivity contribution in [3.8, 4) is 11.5 Å². The van der Waals surface area contributed by atoms with Crippen molar-refractivity contribution < 1.29 is 28.2 Å². The van der Waals surface area contributed by atoms with E-state index in [1.54, 1.807) is 7.11 Å². The number of hydrogen-bond donors (Lipinski definition) is 1. The number of urea groups is 1. The lowest BCUT2D eigenvalue weighted by molar-refractivity contribution is -0.135. The summed E-state index contributed by atoms with van der Waals surface area (Å²) in [5.41, 5.74) is -0.868. The number of carbonyl (C=O) groups excluding carboxylic acids is 2. The molecule has 0 unspecified atom stereocenters. The van der Waals surface area contributed by atoms with Crippen LogP contribution >= 0.6 is 0 Å². The molecule has 2 saturated heterocycles. The molecule has 2 aromatic rings. The van der Waals surface area contributed by atoms with E-state index in [-0.39, 0.29) is 24.4 Å². The quantitative estimate of drug-likeness (QED) is 0.577. The maximum Gasteiger partial charge on any atom is 0.325 e. The molecule has 2 fully saturated rings. The number of benzene rings is 1. The molecule has 3 amide bonds. The van der Waals surface area contributed by atoms with Gasteiger partial charge in [0.1, 0.15) is 30.3 Å². The molecule has 9 nitrogen and oxygen atoms in total. The Morgan fingerprint density at radius 1 is 1.09 bits per heavy atom. The number of nitrogens with one attached hydrogen (secondary N) is 1. The number of rotatable bonds is 8. The maximum atomic E-state index is 13.6. The minimum absolute atomic E-state index is 0.0788. The van der Waals surface area contributed by atoms with E-state index < -0.39 is 11.6 Å². The summed E-state index contributed by atoms with van der Waals surface area (Å²) in [6, 6.07) is 11.0. The average molecular weight is 484 g/mol. The topological polar surface area (TPSA) is 93.5 Å².